The minimum Gasteiger partial charge on any atom is -0.489 e. The average molecular weight is 263 g/mol. The van der Waals surface area contributed by atoms with E-state index in [9.17, 15) is 0 Å². The van der Waals surface area contributed by atoms with Gasteiger partial charge in [-0.15, -0.1) is 0 Å². The van der Waals surface area contributed by atoms with E-state index in [2.05, 4.69) is 65.1 Å². The van der Waals surface area contributed by atoms with Crippen LogP contribution in [0, 0.1) is 6.92 Å². The maximum absolute atomic E-state index is 6.13. The summed E-state index contributed by atoms with van der Waals surface area (Å²) in [5.74, 6) is 1.55. The van der Waals surface area contributed by atoms with Crippen molar-refractivity contribution < 1.29 is 4.74 Å². The van der Waals surface area contributed by atoms with E-state index < -0.39 is 0 Å². The molecule has 1 aromatic carbocycles. The molecule has 0 amide bonds. The van der Waals surface area contributed by atoms with Crippen LogP contribution >= 0.6 is 0 Å². The zero-order valence-electron chi connectivity index (χ0n) is 13.3. The van der Waals surface area contributed by atoms with Gasteiger partial charge in [0.05, 0.1) is 0 Å². The molecule has 2 unspecified atom stereocenters. The SMILES string of the molecule is CCCNC(C)C(C)Oc1cc(C(C)C)ccc1C. The highest BCUT2D eigenvalue weighted by Gasteiger charge is 2.14. The Morgan fingerprint density at radius 2 is 1.84 bits per heavy atom. The van der Waals surface area contributed by atoms with Gasteiger partial charge in [0.1, 0.15) is 11.9 Å². The lowest BCUT2D eigenvalue weighted by atomic mass is 10.0. The molecule has 19 heavy (non-hydrogen) atoms. The second kappa shape index (κ2) is 7.54. The molecule has 0 saturated carbocycles. The first kappa shape index (κ1) is 16.0. The molecular weight excluding hydrogens is 234 g/mol. The third-order valence-electron chi connectivity index (χ3n) is 3.61. The second-order valence-corrected chi connectivity index (χ2v) is 5.75. The third-order valence-corrected chi connectivity index (χ3v) is 3.61. The van der Waals surface area contributed by atoms with Gasteiger partial charge in [0.15, 0.2) is 0 Å². The minimum atomic E-state index is 0.174. The molecule has 0 bridgehead atoms. The van der Waals surface area contributed by atoms with Gasteiger partial charge in [0.2, 0.25) is 0 Å². The van der Waals surface area contributed by atoms with Gasteiger partial charge in [-0.25, -0.2) is 0 Å². The van der Waals surface area contributed by atoms with Crippen molar-refractivity contribution in [2.75, 3.05) is 6.54 Å². The maximum atomic E-state index is 6.13. The predicted molar refractivity (Wildman–Crippen MR) is 83.1 cm³/mol. The van der Waals surface area contributed by atoms with Gasteiger partial charge in [-0.2, -0.15) is 0 Å². The van der Waals surface area contributed by atoms with Gasteiger partial charge < -0.3 is 10.1 Å². The first-order chi connectivity index (χ1) is 8.95. The Kier molecular flexibility index (Phi) is 6.36. The van der Waals surface area contributed by atoms with Crippen molar-refractivity contribution in [3.8, 4) is 5.75 Å². The molecule has 2 nitrogen and oxygen atoms in total. The largest absolute Gasteiger partial charge is 0.489 e. The van der Waals surface area contributed by atoms with Crippen molar-refractivity contribution in [3.05, 3.63) is 29.3 Å². The Morgan fingerprint density at radius 1 is 1.16 bits per heavy atom. The first-order valence-corrected chi connectivity index (χ1v) is 7.46. The van der Waals surface area contributed by atoms with Gasteiger partial charge in [-0.05, 0) is 56.8 Å². The molecule has 0 saturated heterocycles. The van der Waals surface area contributed by atoms with Crippen LogP contribution in [0.4, 0.5) is 0 Å². The molecular formula is C17H29NO. The van der Waals surface area contributed by atoms with E-state index in [0.29, 0.717) is 12.0 Å². The van der Waals surface area contributed by atoms with Crippen LogP contribution in [0.3, 0.4) is 0 Å². The Bertz CT molecular complexity index is 387. The summed E-state index contributed by atoms with van der Waals surface area (Å²) in [6, 6.07) is 6.89. The van der Waals surface area contributed by atoms with Crippen molar-refractivity contribution in [1.29, 1.82) is 0 Å². The summed E-state index contributed by atoms with van der Waals surface area (Å²) in [4.78, 5) is 0. The Balaban J connectivity index is 2.72. The van der Waals surface area contributed by atoms with Gasteiger partial charge >= 0.3 is 0 Å². The summed E-state index contributed by atoms with van der Waals surface area (Å²) in [5.41, 5.74) is 2.54. The Hall–Kier alpha value is -1.02. The van der Waals surface area contributed by atoms with Crippen LogP contribution in [0.2, 0.25) is 0 Å². The molecule has 0 fully saturated rings. The number of aryl methyl sites for hydroxylation is 1. The summed E-state index contributed by atoms with van der Waals surface area (Å²) in [5, 5.41) is 3.48. The van der Waals surface area contributed by atoms with Crippen molar-refractivity contribution >= 4 is 0 Å². The molecule has 0 aliphatic rings. The average Bonchev–Trinajstić information content (AvgIpc) is 2.38. The highest BCUT2D eigenvalue weighted by molar-refractivity contribution is 5.38. The lowest BCUT2D eigenvalue weighted by Crippen LogP contribution is -2.39. The van der Waals surface area contributed by atoms with Crippen molar-refractivity contribution in [2.45, 2.75) is 66.0 Å². The van der Waals surface area contributed by atoms with E-state index in [1.807, 2.05) is 0 Å². The van der Waals surface area contributed by atoms with Crippen LogP contribution in [0.1, 0.15) is 58.1 Å². The molecule has 1 rings (SSSR count). The van der Waals surface area contributed by atoms with Crippen molar-refractivity contribution in [1.82, 2.24) is 5.32 Å². The lowest BCUT2D eigenvalue weighted by Gasteiger charge is -2.24. The molecule has 108 valence electrons. The Labute approximate surface area is 118 Å². The summed E-state index contributed by atoms with van der Waals surface area (Å²) in [7, 11) is 0. The van der Waals surface area contributed by atoms with E-state index in [1.54, 1.807) is 0 Å². The zero-order chi connectivity index (χ0) is 14.4. The maximum Gasteiger partial charge on any atom is 0.122 e. The molecule has 1 aromatic rings. The molecule has 2 atom stereocenters. The lowest BCUT2D eigenvalue weighted by molar-refractivity contribution is 0.177. The van der Waals surface area contributed by atoms with E-state index in [4.69, 9.17) is 4.74 Å². The van der Waals surface area contributed by atoms with E-state index in [1.165, 1.54) is 11.1 Å². The van der Waals surface area contributed by atoms with E-state index in [-0.39, 0.29) is 6.10 Å². The number of hydrogen-bond donors (Lipinski definition) is 1. The van der Waals surface area contributed by atoms with Crippen LogP contribution in [-0.4, -0.2) is 18.7 Å². The van der Waals surface area contributed by atoms with E-state index >= 15 is 0 Å². The van der Waals surface area contributed by atoms with Crippen molar-refractivity contribution in [2.24, 2.45) is 0 Å². The molecule has 2 heteroatoms. The number of nitrogens with one attached hydrogen (secondary N) is 1. The molecule has 0 radical (unpaired) electrons. The van der Waals surface area contributed by atoms with Gasteiger partial charge in [0, 0.05) is 6.04 Å². The predicted octanol–water partition coefficient (Wildman–Crippen LogP) is 4.27. The van der Waals surface area contributed by atoms with Crippen LogP contribution in [-0.2, 0) is 0 Å². The van der Waals surface area contributed by atoms with Crippen LogP contribution in [0.15, 0.2) is 18.2 Å². The molecule has 0 heterocycles. The quantitative estimate of drug-likeness (QED) is 0.793. The van der Waals surface area contributed by atoms with Crippen molar-refractivity contribution in [3.63, 3.8) is 0 Å². The van der Waals surface area contributed by atoms with Crippen LogP contribution in [0.5, 0.6) is 5.75 Å². The number of rotatable bonds is 7. The van der Waals surface area contributed by atoms with Crippen LogP contribution in [0.25, 0.3) is 0 Å². The summed E-state index contributed by atoms with van der Waals surface area (Å²) < 4.78 is 6.13. The first-order valence-electron chi connectivity index (χ1n) is 7.46. The molecule has 0 spiro atoms. The highest BCUT2D eigenvalue weighted by Crippen LogP contribution is 2.25. The molecule has 0 aliphatic heterocycles. The highest BCUT2D eigenvalue weighted by atomic mass is 16.5. The van der Waals surface area contributed by atoms with Gasteiger partial charge in [-0.3, -0.25) is 0 Å². The fourth-order valence-corrected chi connectivity index (χ4v) is 1.94. The third kappa shape index (κ3) is 4.87. The fraction of sp³-hybridized carbons (Fsp3) is 0.647. The number of ether oxygens (including phenoxy) is 1. The summed E-state index contributed by atoms with van der Waals surface area (Å²) >= 11 is 0. The molecule has 0 aliphatic carbocycles. The normalized spacial score (nSPS) is 14.5. The number of benzene rings is 1. The standard InChI is InChI=1S/C17H29NO/c1-7-10-18-14(5)15(6)19-17-11-16(12(2)3)9-8-13(17)4/h8-9,11-12,14-15,18H,7,10H2,1-6H3. The molecule has 1 N–H and O–H groups in total. The van der Waals surface area contributed by atoms with E-state index in [0.717, 1.165) is 18.7 Å². The number of hydrogen-bond acceptors (Lipinski definition) is 2. The zero-order valence-corrected chi connectivity index (χ0v) is 13.3. The minimum absolute atomic E-state index is 0.174. The van der Waals surface area contributed by atoms with Gasteiger partial charge in [0.25, 0.3) is 0 Å². The van der Waals surface area contributed by atoms with Crippen LogP contribution < -0.4 is 10.1 Å². The Morgan fingerprint density at radius 3 is 2.42 bits per heavy atom. The summed E-state index contributed by atoms with van der Waals surface area (Å²) in [6.45, 7) is 14.1. The smallest absolute Gasteiger partial charge is 0.122 e. The summed E-state index contributed by atoms with van der Waals surface area (Å²) in [6.07, 6.45) is 1.33. The molecule has 0 aromatic heterocycles. The second-order valence-electron chi connectivity index (χ2n) is 5.75. The monoisotopic (exact) mass is 263 g/mol. The fourth-order valence-electron chi connectivity index (χ4n) is 1.94. The van der Waals surface area contributed by atoms with Gasteiger partial charge in [-0.1, -0.05) is 32.9 Å². The topological polar surface area (TPSA) is 21.3 Å².